The Labute approximate surface area is 166 Å². The molecule has 6 nitrogen and oxygen atoms in total. The van der Waals surface area contributed by atoms with Crippen LogP contribution in [0.25, 0.3) is 21.5 Å². The Balaban J connectivity index is 1.61. The van der Waals surface area contributed by atoms with Gasteiger partial charge in [-0.05, 0) is 43.7 Å². The molecule has 2 aromatic carbocycles. The van der Waals surface area contributed by atoms with Crippen molar-refractivity contribution in [3.8, 4) is 11.3 Å². The van der Waals surface area contributed by atoms with Gasteiger partial charge in [0.1, 0.15) is 11.6 Å². The molecule has 2 N–H and O–H groups in total. The summed E-state index contributed by atoms with van der Waals surface area (Å²) < 4.78 is 1.14. The molecule has 0 spiro atoms. The fourth-order valence-corrected chi connectivity index (χ4v) is 3.79. The summed E-state index contributed by atoms with van der Waals surface area (Å²) in [5, 5.41) is 6.11. The fraction of sp³-hybridized carbons (Fsp3) is 0.143. The molecule has 140 valence electrons. The van der Waals surface area contributed by atoms with E-state index in [-0.39, 0.29) is 6.04 Å². The SMILES string of the molecule is Cc1nc(NC(C)c2cccc(NC=O)c2)cc(-c2ccc3ncsc3c2)n1. The van der Waals surface area contributed by atoms with Gasteiger partial charge in [0.15, 0.2) is 0 Å². The van der Waals surface area contributed by atoms with E-state index < -0.39 is 0 Å². The number of hydrogen-bond donors (Lipinski definition) is 2. The van der Waals surface area contributed by atoms with Gasteiger partial charge >= 0.3 is 0 Å². The molecular formula is C21H19N5OS. The Morgan fingerprint density at radius 1 is 1.11 bits per heavy atom. The summed E-state index contributed by atoms with van der Waals surface area (Å²) in [7, 11) is 0. The lowest BCUT2D eigenvalue weighted by atomic mass is 10.1. The third-order valence-corrected chi connectivity index (χ3v) is 5.23. The smallest absolute Gasteiger partial charge is 0.211 e. The highest BCUT2D eigenvalue weighted by atomic mass is 32.1. The van der Waals surface area contributed by atoms with Crippen LogP contribution in [0.15, 0.2) is 54.0 Å². The second kappa shape index (κ2) is 7.74. The molecule has 0 aliphatic rings. The van der Waals surface area contributed by atoms with Crippen LogP contribution < -0.4 is 10.6 Å². The van der Waals surface area contributed by atoms with E-state index in [9.17, 15) is 4.79 Å². The first-order chi connectivity index (χ1) is 13.6. The van der Waals surface area contributed by atoms with Gasteiger partial charge in [-0.3, -0.25) is 4.79 Å². The highest BCUT2D eigenvalue weighted by Crippen LogP contribution is 2.27. The molecule has 0 saturated heterocycles. The topological polar surface area (TPSA) is 79.8 Å². The maximum absolute atomic E-state index is 10.7. The summed E-state index contributed by atoms with van der Waals surface area (Å²) in [4.78, 5) is 24.1. The van der Waals surface area contributed by atoms with Crippen LogP contribution in [0.2, 0.25) is 0 Å². The van der Waals surface area contributed by atoms with E-state index in [0.29, 0.717) is 12.2 Å². The second-order valence-corrected chi connectivity index (χ2v) is 7.36. The number of anilines is 2. The molecule has 0 aliphatic heterocycles. The summed E-state index contributed by atoms with van der Waals surface area (Å²) in [6, 6.07) is 15.9. The molecule has 0 fully saturated rings. The quantitative estimate of drug-likeness (QED) is 0.463. The van der Waals surface area contributed by atoms with Crippen LogP contribution in [0.1, 0.15) is 24.4 Å². The van der Waals surface area contributed by atoms with Gasteiger partial charge in [-0.25, -0.2) is 15.0 Å². The average Bonchev–Trinajstić information content (AvgIpc) is 3.16. The average molecular weight is 389 g/mol. The minimum Gasteiger partial charge on any atom is -0.363 e. The lowest BCUT2D eigenvalue weighted by Crippen LogP contribution is -2.09. The monoisotopic (exact) mass is 389 g/mol. The number of thiazole rings is 1. The number of amides is 1. The summed E-state index contributed by atoms with van der Waals surface area (Å²) >= 11 is 1.62. The Bertz CT molecular complexity index is 1140. The minimum atomic E-state index is 0.0135. The number of carbonyl (C=O) groups excluding carboxylic acids is 1. The van der Waals surface area contributed by atoms with Gasteiger partial charge in [0, 0.05) is 17.3 Å². The molecule has 2 heterocycles. The zero-order chi connectivity index (χ0) is 19.5. The van der Waals surface area contributed by atoms with Crippen molar-refractivity contribution < 1.29 is 4.79 Å². The van der Waals surface area contributed by atoms with Crippen molar-refractivity contribution in [1.29, 1.82) is 0 Å². The third-order valence-electron chi connectivity index (χ3n) is 4.44. The van der Waals surface area contributed by atoms with E-state index in [2.05, 4.69) is 38.6 Å². The second-order valence-electron chi connectivity index (χ2n) is 6.47. The van der Waals surface area contributed by atoms with Gasteiger partial charge in [-0.2, -0.15) is 0 Å². The van der Waals surface area contributed by atoms with Gasteiger partial charge < -0.3 is 10.6 Å². The van der Waals surface area contributed by atoms with Crippen molar-refractivity contribution in [1.82, 2.24) is 15.0 Å². The summed E-state index contributed by atoms with van der Waals surface area (Å²) in [6.07, 6.45) is 0.678. The first kappa shape index (κ1) is 18.1. The molecule has 4 rings (SSSR count). The zero-order valence-electron chi connectivity index (χ0n) is 15.5. The first-order valence-electron chi connectivity index (χ1n) is 8.88. The standard InChI is InChI=1S/C21H19N5OS/c1-13(15-4-3-5-17(8-15)22-11-27)24-21-10-19(25-14(2)26-21)16-6-7-18-20(9-16)28-12-23-18/h3-13H,1-2H3,(H,22,27)(H,24,25,26). The maximum atomic E-state index is 10.7. The number of hydrogen-bond acceptors (Lipinski definition) is 6. The molecular weight excluding hydrogens is 370 g/mol. The number of nitrogens with one attached hydrogen (secondary N) is 2. The Morgan fingerprint density at radius 3 is 2.86 bits per heavy atom. The van der Waals surface area contributed by atoms with Crippen LogP contribution in [0, 0.1) is 6.92 Å². The molecule has 0 saturated carbocycles. The van der Waals surface area contributed by atoms with Crippen LogP contribution in [-0.4, -0.2) is 21.4 Å². The molecule has 1 amide bonds. The van der Waals surface area contributed by atoms with Crippen LogP contribution in [0.4, 0.5) is 11.5 Å². The highest BCUT2D eigenvalue weighted by molar-refractivity contribution is 7.16. The lowest BCUT2D eigenvalue weighted by molar-refractivity contribution is -0.105. The van der Waals surface area contributed by atoms with Gasteiger partial charge in [0.2, 0.25) is 6.41 Å². The highest BCUT2D eigenvalue weighted by Gasteiger charge is 2.10. The Hall–Kier alpha value is -3.32. The van der Waals surface area contributed by atoms with E-state index in [1.165, 1.54) is 0 Å². The van der Waals surface area contributed by atoms with E-state index in [1.807, 2.05) is 54.9 Å². The van der Waals surface area contributed by atoms with Gasteiger partial charge in [-0.1, -0.05) is 18.2 Å². The lowest BCUT2D eigenvalue weighted by Gasteiger charge is -2.17. The molecule has 0 aliphatic carbocycles. The number of benzene rings is 2. The summed E-state index contributed by atoms with van der Waals surface area (Å²) in [5.74, 6) is 1.46. The number of rotatable bonds is 6. The molecule has 7 heteroatoms. The normalized spacial score (nSPS) is 11.9. The molecule has 0 bridgehead atoms. The van der Waals surface area contributed by atoms with E-state index in [1.54, 1.807) is 11.3 Å². The largest absolute Gasteiger partial charge is 0.363 e. The first-order valence-corrected chi connectivity index (χ1v) is 9.76. The number of fused-ring (bicyclic) bond motifs is 1. The van der Waals surface area contributed by atoms with Crippen LogP contribution >= 0.6 is 11.3 Å². The van der Waals surface area contributed by atoms with Crippen LogP contribution in [0.3, 0.4) is 0 Å². The van der Waals surface area contributed by atoms with Crippen molar-refractivity contribution in [2.45, 2.75) is 19.9 Å². The molecule has 28 heavy (non-hydrogen) atoms. The van der Waals surface area contributed by atoms with Crippen LogP contribution in [0.5, 0.6) is 0 Å². The van der Waals surface area contributed by atoms with Gasteiger partial charge in [0.05, 0.1) is 27.5 Å². The molecule has 2 aromatic heterocycles. The van der Waals surface area contributed by atoms with Gasteiger partial charge in [0.25, 0.3) is 0 Å². The summed E-state index contributed by atoms with van der Waals surface area (Å²) in [5.41, 5.74) is 6.57. The molecule has 1 unspecified atom stereocenters. The summed E-state index contributed by atoms with van der Waals surface area (Å²) in [6.45, 7) is 3.94. The number of nitrogens with zero attached hydrogens (tertiary/aromatic N) is 3. The number of aryl methyl sites for hydroxylation is 1. The predicted octanol–water partition coefficient (Wildman–Crippen LogP) is 4.80. The van der Waals surface area contributed by atoms with E-state index in [4.69, 9.17) is 0 Å². The van der Waals surface area contributed by atoms with Crippen molar-refractivity contribution in [3.63, 3.8) is 0 Å². The third kappa shape index (κ3) is 3.84. The van der Waals surface area contributed by atoms with Crippen molar-refractivity contribution in [3.05, 3.63) is 65.4 Å². The van der Waals surface area contributed by atoms with E-state index in [0.717, 1.165) is 38.5 Å². The predicted molar refractivity (Wildman–Crippen MR) is 114 cm³/mol. The van der Waals surface area contributed by atoms with E-state index >= 15 is 0 Å². The maximum Gasteiger partial charge on any atom is 0.211 e. The molecule has 0 radical (unpaired) electrons. The number of carbonyl (C=O) groups is 1. The number of aromatic nitrogens is 3. The molecule has 1 atom stereocenters. The van der Waals surface area contributed by atoms with Crippen molar-refractivity contribution >= 4 is 39.5 Å². The van der Waals surface area contributed by atoms with Crippen LogP contribution in [-0.2, 0) is 4.79 Å². The minimum absolute atomic E-state index is 0.0135. The molecule has 4 aromatic rings. The Morgan fingerprint density at radius 2 is 2.00 bits per heavy atom. The van der Waals surface area contributed by atoms with Crippen molar-refractivity contribution in [2.75, 3.05) is 10.6 Å². The fourth-order valence-electron chi connectivity index (χ4n) is 3.07. The van der Waals surface area contributed by atoms with Crippen molar-refractivity contribution in [2.24, 2.45) is 0 Å². The Kier molecular flexibility index (Phi) is 4.99. The van der Waals surface area contributed by atoms with Gasteiger partial charge in [-0.15, -0.1) is 11.3 Å². The zero-order valence-corrected chi connectivity index (χ0v) is 16.3.